The van der Waals surface area contributed by atoms with Crippen molar-refractivity contribution in [3.05, 3.63) is 0 Å². The summed E-state index contributed by atoms with van der Waals surface area (Å²) in [5.41, 5.74) is 0. The first-order chi connectivity index (χ1) is 6.52. The van der Waals surface area contributed by atoms with Crippen LogP contribution >= 0.6 is 11.8 Å². The summed E-state index contributed by atoms with van der Waals surface area (Å²) in [6, 6.07) is 0. The first-order valence-electron chi connectivity index (χ1n) is 5.10. The van der Waals surface area contributed by atoms with Crippen LogP contribution in [0.1, 0.15) is 33.6 Å². The van der Waals surface area contributed by atoms with Gasteiger partial charge in [-0.1, -0.05) is 0 Å². The molecular formula is C10H19NO2S. The molecule has 0 aromatic rings. The Morgan fingerprint density at radius 3 is 2.86 bits per heavy atom. The molecule has 1 heterocycles. The standard InChI is InChI=1S/C10H19NO2S/c1-8(2)13-9(12)11-7-10(3)5-4-6-14-10/h8H,4-7H2,1-3H3,(H,11,12). The Morgan fingerprint density at radius 1 is 1.64 bits per heavy atom. The molecule has 1 fully saturated rings. The number of hydrogen-bond donors (Lipinski definition) is 1. The van der Waals surface area contributed by atoms with E-state index in [1.54, 1.807) is 0 Å². The van der Waals surface area contributed by atoms with Crippen molar-refractivity contribution in [2.75, 3.05) is 12.3 Å². The highest BCUT2D eigenvalue weighted by atomic mass is 32.2. The third-order valence-corrected chi connectivity index (χ3v) is 3.79. The first-order valence-corrected chi connectivity index (χ1v) is 6.09. The number of ether oxygens (including phenoxy) is 1. The molecule has 4 heteroatoms. The minimum absolute atomic E-state index is 0.0426. The molecule has 0 bridgehead atoms. The van der Waals surface area contributed by atoms with Crippen LogP contribution in [0.5, 0.6) is 0 Å². The highest BCUT2D eigenvalue weighted by Crippen LogP contribution is 2.36. The lowest BCUT2D eigenvalue weighted by Gasteiger charge is -2.22. The summed E-state index contributed by atoms with van der Waals surface area (Å²) in [5, 5.41) is 2.81. The summed E-state index contributed by atoms with van der Waals surface area (Å²) in [4.78, 5) is 11.2. The van der Waals surface area contributed by atoms with Gasteiger partial charge >= 0.3 is 6.09 Å². The molecule has 0 aliphatic carbocycles. The van der Waals surface area contributed by atoms with Crippen LogP contribution in [-0.2, 0) is 4.74 Å². The van der Waals surface area contributed by atoms with E-state index in [0.717, 1.165) is 0 Å². The monoisotopic (exact) mass is 217 g/mol. The second-order valence-corrected chi connectivity index (χ2v) is 5.89. The van der Waals surface area contributed by atoms with E-state index < -0.39 is 0 Å². The van der Waals surface area contributed by atoms with Gasteiger partial charge in [0, 0.05) is 11.3 Å². The molecule has 1 aliphatic rings. The number of hydrogen-bond acceptors (Lipinski definition) is 3. The third kappa shape index (κ3) is 3.78. The lowest BCUT2D eigenvalue weighted by atomic mass is 10.1. The fourth-order valence-electron chi connectivity index (χ4n) is 1.49. The molecule has 0 radical (unpaired) electrons. The van der Waals surface area contributed by atoms with Gasteiger partial charge in [0.25, 0.3) is 0 Å². The average molecular weight is 217 g/mol. The number of alkyl carbamates (subject to hydrolysis) is 1. The summed E-state index contributed by atoms with van der Waals surface area (Å²) in [5.74, 6) is 1.21. The second kappa shape index (κ2) is 4.91. The van der Waals surface area contributed by atoms with Gasteiger partial charge in [0.2, 0.25) is 0 Å². The summed E-state index contributed by atoms with van der Waals surface area (Å²) < 4.78 is 5.21. The first kappa shape index (κ1) is 11.7. The van der Waals surface area contributed by atoms with Gasteiger partial charge in [0.15, 0.2) is 0 Å². The fraction of sp³-hybridized carbons (Fsp3) is 0.900. The Morgan fingerprint density at radius 2 is 2.36 bits per heavy atom. The van der Waals surface area contributed by atoms with E-state index in [0.29, 0.717) is 6.54 Å². The molecule has 3 nitrogen and oxygen atoms in total. The second-order valence-electron chi connectivity index (χ2n) is 4.21. The van der Waals surface area contributed by atoms with Crippen LogP contribution in [0.2, 0.25) is 0 Å². The maximum Gasteiger partial charge on any atom is 0.407 e. The Bertz CT molecular complexity index is 200. The SMILES string of the molecule is CC(C)OC(=O)NCC1(C)CCCS1. The van der Waals surface area contributed by atoms with Crippen LogP contribution in [0.25, 0.3) is 0 Å². The van der Waals surface area contributed by atoms with Crippen molar-refractivity contribution >= 4 is 17.9 Å². The Labute approximate surface area is 90.0 Å². The normalized spacial score (nSPS) is 26.6. The minimum atomic E-state index is -0.297. The quantitative estimate of drug-likeness (QED) is 0.789. The van der Waals surface area contributed by atoms with Crippen molar-refractivity contribution in [1.82, 2.24) is 5.32 Å². The maximum absolute atomic E-state index is 11.2. The molecule has 1 atom stereocenters. The zero-order valence-electron chi connectivity index (χ0n) is 9.13. The maximum atomic E-state index is 11.2. The smallest absolute Gasteiger partial charge is 0.407 e. The van der Waals surface area contributed by atoms with Crippen LogP contribution in [0.4, 0.5) is 4.79 Å². The van der Waals surface area contributed by atoms with Crippen LogP contribution in [-0.4, -0.2) is 29.2 Å². The van der Waals surface area contributed by atoms with E-state index in [1.807, 2.05) is 25.6 Å². The number of thioether (sulfide) groups is 1. The number of amides is 1. The molecule has 0 aromatic heterocycles. The zero-order valence-corrected chi connectivity index (χ0v) is 9.95. The Kier molecular flexibility index (Phi) is 4.11. The van der Waals surface area contributed by atoms with E-state index in [9.17, 15) is 4.79 Å². The van der Waals surface area contributed by atoms with Crippen molar-refractivity contribution in [3.63, 3.8) is 0 Å². The van der Waals surface area contributed by atoms with Gasteiger partial charge in [-0.05, 0) is 39.4 Å². The van der Waals surface area contributed by atoms with Gasteiger partial charge in [0.1, 0.15) is 0 Å². The zero-order chi connectivity index (χ0) is 10.6. The van der Waals surface area contributed by atoms with E-state index in [-0.39, 0.29) is 16.9 Å². The van der Waals surface area contributed by atoms with Crippen molar-refractivity contribution in [2.24, 2.45) is 0 Å². The van der Waals surface area contributed by atoms with Gasteiger partial charge in [-0.15, -0.1) is 0 Å². The predicted octanol–water partition coefficient (Wildman–Crippen LogP) is 2.41. The van der Waals surface area contributed by atoms with Gasteiger partial charge in [0.05, 0.1) is 6.10 Å². The minimum Gasteiger partial charge on any atom is -0.447 e. The van der Waals surface area contributed by atoms with Crippen molar-refractivity contribution in [3.8, 4) is 0 Å². The van der Waals surface area contributed by atoms with E-state index >= 15 is 0 Å². The molecular weight excluding hydrogens is 198 g/mol. The highest BCUT2D eigenvalue weighted by molar-refractivity contribution is 8.00. The molecule has 82 valence electrons. The van der Waals surface area contributed by atoms with Crippen molar-refractivity contribution in [1.29, 1.82) is 0 Å². The van der Waals surface area contributed by atoms with Crippen molar-refractivity contribution < 1.29 is 9.53 Å². The topological polar surface area (TPSA) is 38.3 Å². The van der Waals surface area contributed by atoms with E-state index in [4.69, 9.17) is 4.74 Å². The summed E-state index contributed by atoms with van der Waals surface area (Å²) >= 11 is 1.94. The molecule has 14 heavy (non-hydrogen) atoms. The van der Waals surface area contributed by atoms with Crippen LogP contribution in [0.15, 0.2) is 0 Å². The molecule has 0 spiro atoms. The van der Waals surface area contributed by atoms with E-state index in [1.165, 1.54) is 18.6 Å². The van der Waals surface area contributed by atoms with Gasteiger partial charge in [-0.2, -0.15) is 11.8 Å². The summed E-state index contributed by atoms with van der Waals surface area (Å²) in [6.45, 7) is 6.61. The third-order valence-electron chi connectivity index (χ3n) is 2.25. The number of nitrogens with one attached hydrogen (secondary N) is 1. The number of rotatable bonds is 3. The lowest BCUT2D eigenvalue weighted by molar-refractivity contribution is 0.115. The molecule has 1 N–H and O–H groups in total. The highest BCUT2D eigenvalue weighted by Gasteiger charge is 2.29. The number of carbonyl (C=O) groups excluding carboxylic acids is 1. The molecule has 1 saturated heterocycles. The lowest BCUT2D eigenvalue weighted by Crippen LogP contribution is -2.37. The number of carbonyl (C=O) groups is 1. The fourth-order valence-corrected chi connectivity index (χ4v) is 2.74. The van der Waals surface area contributed by atoms with Crippen molar-refractivity contribution in [2.45, 2.75) is 44.5 Å². The van der Waals surface area contributed by atoms with Crippen LogP contribution < -0.4 is 5.32 Å². The average Bonchev–Trinajstić information content (AvgIpc) is 2.49. The molecule has 0 aromatic carbocycles. The summed E-state index contributed by atoms with van der Waals surface area (Å²) in [6.07, 6.45) is 2.09. The van der Waals surface area contributed by atoms with E-state index in [2.05, 4.69) is 12.2 Å². The molecule has 1 rings (SSSR count). The molecule has 1 amide bonds. The van der Waals surface area contributed by atoms with Gasteiger partial charge in [-0.3, -0.25) is 0 Å². The molecule has 1 unspecified atom stereocenters. The summed E-state index contributed by atoms with van der Waals surface area (Å²) in [7, 11) is 0. The Balaban J connectivity index is 2.22. The molecule has 0 saturated carbocycles. The predicted molar refractivity (Wildman–Crippen MR) is 59.7 cm³/mol. The Hall–Kier alpha value is -0.380. The largest absolute Gasteiger partial charge is 0.447 e. The van der Waals surface area contributed by atoms with Gasteiger partial charge in [-0.25, -0.2) is 4.79 Å². The van der Waals surface area contributed by atoms with Crippen LogP contribution in [0.3, 0.4) is 0 Å². The van der Waals surface area contributed by atoms with Gasteiger partial charge < -0.3 is 10.1 Å². The molecule has 1 aliphatic heterocycles. The van der Waals surface area contributed by atoms with Crippen LogP contribution in [0, 0.1) is 0 Å².